The summed E-state index contributed by atoms with van der Waals surface area (Å²) in [7, 11) is 0. The summed E-state index contributed by atoms with van der Waals surface area (Å²) in [4.78, 5) is 9.49. The molecule has 3 rings (SSSR count). The molecule has 24 heavy (non-hydrogen) atoms. The van der Waals surface area contributed by atoms with Crippen LogP contribution in [0.4, 0.5) is 0 Å². The van der Waals surface area contributed by atoms with E-state index in [0.29, 0.717) is 12.0 Å². The van der Waals surface area contributed by atoms with Crippen LogP contribution in [0.3, 0.4) is 0 Å². The fraction of sp³-hybridized carbons (Fsp3) is 0.611. The molecule has 3 N–H and O–H groups in total. The van der Waals surface area contributed by atoms with Gasteiger partial charge in [0.15, 0.2) is 5.96 Å². The van der Waals surface area contributed by atoms with Gasteiger partial charge in [-0.3, -0.25) is 9.89 Å². The summed E-state index contributed by atoms with van der Waals surface area (Å²) < 4.78 is 0. The molecule has 5 nitrogen and oxygen atoms in total. The lowest BCUT2D eigenvalue weighted by Crippen LogP contribution is -2.46. The van der Waals surface area contributed by atoms with Crippen LogP contribution in [0, 0.1) is 0 Å². The van der Waals surface area contributed by atoms with E-state index >= 15 is 0 Å². The Morgan fingerprint density at radius 1 is 1.08 bits per heavy atom. The number of guanidine groups is 1. The first-order valence-corrected chi connectivity index (χ1v) is 8.85. The van der Waals surface area contributed by atoms with Crippen molar-refractivity contribution < 1.29 is 0 Å². The minimum atomic E-state index is 0. The molecule has 1 saturated heterocycles. The molecule has 0 aromatic heterocycles. The second kappa shape index (κ2) is 10.2. The van der Waals surface area contributed by atoms with Crippen molar-refractivity contribution >= 4 is 29.9 Å². The number of rotatable bonds is 7. The van der Waals surface area contributed by atoms with Crippen molar-refractivity contribution in [2.75, 3.05) is 39.3 Å². The fourth-order valence-electron chi connectivity index (χ4n) is 2.99. The highest BCUT2D eigenvalue weighted by Gasteiger charge is 2.21. The van der Waals surface area contributed by atoms with Crippen molar-refractivity contribution in [2.24, 2.45) is 10.7 Å². The minimum absolute atomic E-state index is 0. The Hall–Kier alpha value is -0.860. The number of nitrogens with zero attached hydrogens (tertiary/aromatic N) is 3. The summed E-state index contributed by atoms with van der Waals surface area (Å²) in [5.74, 6) is 0.625. The molecule has 1 aromatic rings. The predicted octanol–water partition coefficient (Wildman–Crippen LogP) is 1.88. The van der Waals surface area contributed by atoms with E-state index in [-0.39, 0.29) is 24.0 Å². The highest BCUT2D eigenvalue weighted by Crippen LogP contribution is 2.18. The molecule has 1 heterocycles. The zero-order valence-electron chi connectivity index (χ0n) is 14.4. The summed E-state index contributed by atoms with van der Waals surface area (Å²) >= 11 is 0. The first-order chi connectivity index (χ1) is 11.3. The Labute approximate surface area is 162 Å². The van der Waals surface area contributed by atoms with Crippen molar-refractivity contribution in [1.82, 2.24) is 15.1 Å². The third-order valence-electron chi connectivity index (χ3n) is 4.56. The number of hydrogen-bond donors (Lipinski definition) is 2. The summed E-state index contributed by atoms with van der Waals surface area (Å²) in [6, 6.07) is 11.3. The van der Waals surface area contributed by atoms with Crippen LogP contribution in [0.15, 0.2) is 35.3 Å². The molecule has 0 atom stereocenters. The van der Waals surface area contributed by atoms with Gasteiger partial charge < -0.3 is 16.0 Å². The molecule has 0 amide bonds. The third-order valence-corrected chi connectivity index (χ3v) is 4.56. The fourth-order valence-corrected chi connectivity index (χ4v) is 2.99. The maximum atomic E-state index is 5.84. The smallest absolute Gasteiger partial charge is 0.188 e. The van der Waals surface area contributed by atoms with E-state index in [0.717, 1.165) is 52.2 Å². The van der Waals surface area contributed by atoms with E-state index in [4.69, 9.17) is 5.73 Å². The van der Waals surface area contributed by atoms with Gasteiger partial charge in [-0.1, -0.05) is 30.3 Å². The number of halogens is 1. The standard InChI is InChI=1S/C18H29N5.HI/c19-18(21-17-7-8-17)20-9-4-10-22-11-13-23(14-12-22)15-16-5-2-1-3-6-16;/h1-3,5-6,17H,4,7-15H2,(H3,19,20,21);1H. The van der Waals surface area contributed by atoms with Crippen molar-refractivity contribution in [2.45, 2.75) is 31.8 Å². The Kier molecular flexibility index (Phi) is 8.28. The SMILES string of the molecule is I.NC(=NCCCN1CCN(Cc2ccccc2)CC1)NC1CC1. The van der Waals surface area contributed by atoms with Crippen molar-refractivity contribution in [3.8, 4) is 0 Å². The number of nitrogens with two attached hydrogens (primary N) is 1. The monoisotopic (exact) mass is 443 g/mol. The molecule has 0 unspecified atom stereocenters. The van der Waals surface area contributed by atoms with E-state index in [2.05, 4.69) is 50.4 Å². The average molecular weight is 443 g/mol. The number of aliphatic imine (C=N–C) groups is 1. The molecule has 0 spiro atoms. The first kappa shape index (κ1) is 19.5. The van der Waals surface area contributed by atoms with Gasteiger partial charge in [0.25, 0.3) is 0 Å². The van der Waals surface area contributed by atoms with Gasteiger partial charge in [-0.2, -0.15) is 0 Å². The summed E-state index contributed by atoms with van der Waals surface area (Å²) in [6.45, 7) is 7.66. The molecule has 1 saturated carbocycles. The molecular weight excluding hydrogens is 413 g/mol. The van der Waals surface area contributed by atoms with Crippen molar-refractivity contribution in [1.29, 1.82) is 0 Å². The summed E-state index contributed by atoms with van der Waals surface area (Å²) in [5, 5.41) is 3.23. The maximum Gasteiger partial charge on any atom is 0.188 e. The second-order valence-corrected chi connectivity index (χ2v) is 6.64. The topological polar surface area (TPSA) is 56.9 Å². The van der Waals surface area contributed by atoms with E-state index in [9.17, 15) is 0 Å². The normalized spacial score (nSPS) is 19.8. The van der Waals surface area contributed by atoms with Gasteiger partial charge in [0.05, 0.1) is 0 Å². The van der Waals surface area contributed by atoms with Gasteiger partial charge in [-0.25, -0.2) is 0 Å². The van der Waals surface area contributed by atoms with Crippen LogP contribution in [0.1, 0.15) is 24.8 Å². The summed E-state index contributed by atoms with van der Waals surface area (Å²) in [5.41, 5.74) is 7.26. The van der Waals surface area contributed by atoms with E-state index in [1.165, 1.54) is 18.4 Å². The van der Waals surface area contributed by atoms with Gasteiger partial charge in [-0.15, -0.1) is 24.0 Å². The van der Waals surface area contributed by atoms with Crippen molar-refractivity contribution in [3.63, 3.8) is 0 Å². The van der Waals surface area contributed by atoms with E-state index in [1.807, 2.05) is 0 Å². The Balaban J connectivity index is 0.00000208. The molecule has 0 radical (unpaired) electrons. The number of hydrogen-bond acceptors (Lipinski definition) is 3. The van der Waals surface area contributed by atoms with Crippen LogP contribution in [0.5, 0.6) is 0 Å². The maximum absolute atomic E-state index is 5.84. The Morgan fingerprint density at radius 2 is 1.75 bits per heavy atom. The Bertz CT molecular complexity index is 495. The van der Waals surface area contributed by atoms with Crippen molar-refractivity contribution in [3.05, 3.63) is 35.9 Å². The lowest BCUT2D eigenvalue weighted by Gasteiger charge is -2.34. The molecule has 2 aliphatic rings. The van der Waals surface area contributed by atoms with Crippen LogP contribution in [0.25, 0.3) is 0 Å². The lowest BCUT2D eigenvalue weighted by molar-refractivity contribution is 0.127. The molecule has 0 bridgehead atoms. The average Bonchev–Trinajstić information content (AvgIpc) is 3.38. The first-order valence-electron chi connectivity index (χ1n) is 8.85. The molecule has 1 aliphatic carbocycles. The zero-order valence-corrected chi connectivity index (χ0v) is 16.7. The quantitative estimate of drug-likeness (QED) is 0.293. The number of benzene rings is 1. The van der Waals surface area contributed by atoms with E-state index in [1.54, 1.807) is 0 Å². The molecule has 6 heteroatoms. The third kappa shape index (κ3) is 6.94. The lowest BCUT2D eigenvalue weighted by atomic mass is 10.2. The van der Waals surface area contributed by atoms with Gasteiger partial charge in [0.2, 0.25) is 0 Å². The highest BCUT2D eigenvalue weighted by atomic mass is 127. The number of piperazine rings is 1. The minimum Gasteiger partial charge on any atom is -0.370 e. The predicted molar refractivity (Wildman–Crippen MR) is 111 cm³/mol. The molecule has 1 aliphatic heterocycles. The van der Waals surface area contributed by atoms with Crippen LogP contribution >= 0.6 is 24.0 Å². The molecule has 1 aromatic carbocycles. The van der Waals surface area contributed by atoms with Gasteiger partial charge in [-0.05, 0) is 24.8 Å². The molecule has 2 fully saturated rings. The van der Waals surface area contributed by atoms with Crippen LogP contribution < -0.4 is 11.1 Å². The summed E-state index contributed by atoms with van der Waals surface area (Å²) in [6.07, 6.45) is 3.57. The molecule has 134 valence electrons. The largest absolute Gasteiger partial charge is 0.370 e. The van der Waals surface area contributed by atoms with Crippen LogP contribution in [-0.2, 0) is 6.54 Å². The number of nitrogens with one attached hydrogen (secondary N) is 1. The van der Waals surface area contributed by atoms with Gasteiger partial charge in [0.1, 0.15) is 0 Å². The second-order valence-electron chi connectivity index (χ2n) is 6.64. The Morgan fingerprint density at radius 3 is 2.42 bits per heavy atom. The van der Waals surface area contributed by atoms with Gasteiger partial charge >= 0.3 is 0 Å². The van der Waals surface area contributed by atoms with E-state index < -0.39 is 0 Å². The molecular formula is C18H30IN5. The zero-order chi connectivity index (χ0) is 15.9. The van der Waals surface area contributed by atoms with Crippen LogP contribution in [0.2, 0.25) is 0 Å². The highest BCUT2D eigenvalue weighted by molar-refractivity contribution is 14.0. The van der Waals surface area contributed by atoms with Gasteiger partial charge in [0, 0.05) is 51.9 Å². The van der Waals surface area contributed by atoms with Crippen LogP contribution in [-0.4, -0.2) is 61.1 Å².